The summed E-state index contributed by atoms with van der Waals surface area (Å²) in [5, 5.41) is 27.5. The molecule has 0 saturated heterocycles. The monoisotopic (exact) mass is 394 g/mol. The number of guanidine groups is 1. The predicted molar refractivity (Wildman–Crippen MR) is 103 cm³/mol. The zero-order chi connectivity index (χ0) is 20.8. The molecule has 1 aliphatic rings. The zero-order valence-corrected chi connectivity index (χ0v) is 14.9. The molecule has 2 aromatic rings. The zero-order valence-electron chi connectivity index (χ0n) is 14.9. The quantitative estimate of drug-likeness (QED) is 0.446. The molecule has 1 atom stereocenters. The molecule has 0 fully saturated rings. The highest BCUT2D eigenvalue weighted by molar-refractivity contribution is 6.07. The summed E-state index contributed by atoms with van der Waals surface area (Å²) < 4.78 is 13.2. The van der Waals surface area contributed by atoms with Crippen LogP contribution >= 0.6 is 0 Å². The molecule has 0 spiro atoms. The summed E-state index contributed by atoms with van der Waals surface area (Å²) in [7, 11) is 0. The van der Waals surface area contributed by atoms with Crippen molar-refractivity contribution in [3.05, 3.63) is 59.4 Å². The maximum Gasteiger partial charge on any atom is 0.252 e. The van der Waals surface area contributed by atoms with Crippen molar-refractivity contribution in [2.24, 2.45) is 10.1 Å². The first-order chi connectivity index (χ1) is 14.0. The summed E-state index contributed by atoms with van der Waals surface area (Å²) in [6, 6.07) is 10.7. The SMILES string of the molecule is N#Cc1cc(F)ccc1NC(=O)CC1N=C(NN=Cc2ccccc2O)NC1=O. The molecular formula is C19H15FN6O3. The number of phenols is 1. The lowest BCUT2D eigenvalue weighted by atomic mass is 10.1. The van der Waals surface area contributed by atoms with Crippen LogP contribution in [0.5, 0.6) is 5.75 Å². The molecule has 3 rings (SSSR count). The van der Waals surface area contributed by atoms with Crippen LogP contribution in [-0.4, -0.2) is 35.1 Å². The summed E-state index contributed by atoms with van der Waals surface area (Å²) in [4.78, 5) is 28.2. The van der Waals surface area contributed by atoms with Gasteiger partial charge < -0.3 is 10.4 Å². The third-order valence-corrected chi connectivity index (χ3v) is 3.89. The van der Waals surface area contributed by atoms with E-state index < -0.39 is 23.7 Å². The fourth-order valence-corrected chi connectivity index (χ4v) is 2.50. The molecule has 146 valence electrons. The van der Waals surface area contributed by atoms with Crippen molar-refractivity contribution >= 4 is 29.7 Å². The van der Waals surface area contributed by atoms with Gasteiger partial charge in [-0.15, -0.1) is 0 Å². The highest BCUT2D eigenvalue weighted by Gasteiger charge is 2.28. The Labute approximate surface area is 164 Å². The second-order valence-electron chi connectivity index (χ2n) is 5.97. The number of carbonyl (C=O) groups excluding carboxylic acids is 2. The minimum atomic E-state index is -0.983. The van der Waals surface area contributed by atoms with Gasteiger partial charge in [0.05, 0.1) is 23.9 Å². The van der Waals surface area contributed by atoms with E-state index in [1.165, 1.54) is 18.3 Å². The van der Waals surface area contributed by atoms with E-state index in [-0.39, 0.29) is 29.4 Å². The number of halogens is 1. The van der Waals surface area contributed by atoms with Crippen LogP contribution in [-0.2, 0) is 9.59 Å². The average molecular weight is 394 g/mol. The smallest absolute Gasteiger partial charge is 0.252 e. The summed E-state index contributed by atoms with van der Waals surface area (Å²) in [6.07, 6.45) is 1.07. The lowest BCUT2D eigenvalue weighted by Crippen LogP contribution is -2.35. The number of nitriles is 1. The van der Waals surface area contributed by atoms with Gasteiger partial charge in [0.25, 0.3) is 5.91 Å². The van der Waals surface area contributed by atoms with Gasteiger partial charge in [-0.05, 0) is 30.3 Å². The molecule has 1 unspecified atom stereocenters. The van der Waals surface area contributed by atoms with Crippen molar-refractivity contribution in [1.29, 1.82) is 5.26 Å². The number of para-hydroxylation sites is 1. The summed E-state index contributed by atoms with van der Waals surface area (Å²) >= 11 is 0. The Morgan fingerprint density at radius 1 is 1.38 bits per heavy atom. The number of nitrogens with zero attached hydrogens (tertiary/aromatic N) is 3. The van der Waals surface area contributed by atoms with Gasteiger partial charge in [0, 0.05) is 5.56 Å². The average Bonchev–Trinajstić information content (AvgIpc) is 3.03. The number of aromatic hydroxyl groups is 1. The van der Waals surface area contributed by atoms with Crippen LogP contribution in [0.25, 0.3) is 0 Å². The lowest BCUT2D eigenvalue weighted by molar-refractivity contribution is -0.123. The standard InChI is InChI=1S/C19H15FN6O3/c20-13-5-6-14(12(7-13)9-21)23-17(28)8-15-18(29)25-19(24-15)26-22-10-11-3-1-2-4-16(11)27/h1-7,10,15,27H,8H2,(H,23,28)(H2,24,25,26,29). The number of phenolic OH excluding ortho intramolecular Hbond substituents is 1. The minimum Gasteiger partial charge on any atom is -0.507 e. The number of hydrogen-bond donors (Lipinski definition) is 4. The number of rotatable bonds is 5. The Balaban J connectivity index is 1.59. The van der Waals surface area contributed by atoms with Crippen LogP contribution in [0, 0.1) is 17.1 Å². The normalized spacial score (nSPS) is 15.5. The second kappa shape index (κ2) is 8.62. The number of anilines is 1. The van der Waals surface area contributed by atoms with Gasteiger partial charge in [0.2, 0.25) is 11.9 Å². The van der Waals surface area contributed by atoms with Gasteiger partial charge in [0.1, 0.15) is 23.7 Å². The Bertz CT molecular complexity index is 1060. The van der Waals surface area contributed by atoms with E-state index >= 15 is 0 Å². The van der Waals surface area contributed by atoms with Gasteiger partial charge in [-0.2, -0.15) is 10.4 Å². The van der Waals surface area contributed by atoms with Gasteiger partial charge in [-0.1, -0.05) is 12.1 Å². The fourth-order valence-electron chi connectivity index (χ4n) is 2.50. The number of nitrogens with one attached hydrogen (secondary N) is 3. The van der Waals surface area contributed by atoms with Gasteiger partial charge >= 0.3 is 0 Å². The molecule has 0 saturated carbocycles. The van der Waals surface area contributed by atoms with Crippen molar-refractivity contribution in [2.75, 3.05) is 5.32 Å². The molecule has 29 heavy (non-hydrogen) atoms. The number of hydrazone groups is 1. The van der Waals surface area contributed by atoms with Crippen molar-refractivity contribution < 1.29 is 19.1 Å². The van der Waals surface area contributed by atoms with Crippen LogP contribution in [0.2, 0.25) is 0 Å². The van der Waals surface area contributed by atoms with Gasteiger partial charge in [-0.25, -0.2) is 14.8 Å². The third-order valence-electron chi connectivity index (χ3n) is 3.89. The van der Waals surface area contributed by atoms with E-state index in [0.717, 1.165) is 12.1 Å². The molecule has 9 nitrogen and oxygen atoms in total. The van der Waals surface area contributed by atoms with Crippen LogP contribution in [0.3, 0.4) is 0 Å². The molecule has 0 radical (unpaired) electrons. The molecule has 2 aromatic carbocycles. The molecular weight excluding hydrogens is 379 g/mol. The summed E-state index contributed by atoms with van der Waals surface area (Å²) in [6.45, 7) is 0. The van der Waals surface area contributed by atoms with Crippen LogP contribution in [0.4, 0.5) is 10.1 Å². The maximum atomic E-state index is 13.2. The topological polar surface area (TPSA) is 139 Å². The van der Waals surface area contributed by atoms with E-state index in [9.17, 15) is 19.1 Å². The molecule has 0 aliphatic carbocycles. The summed E-state index contributed by atoms with van der Waals surface area (Å²) in [5.74, 6) is -1.56. The molecule has 4 N–H and O–H groups in total. The first kappa shape index (κ1) is 19.5. The van der Waals surface area contributed by atoms with Gasteiger partial charge in [-0.3, -0.25) is 14.9 Å². The van der Waals surface area contributed by atoms with E-state index in [1.807, 2.05) is 0 Å². The number of carbonyl (C=O) groups is 2. The van der Waals surface area contributed by atoms with Crippen molar-refractivity contribution in [1.82, 2.24) is 10.7 Å². The van der Waals surface area contributed by atoms with Crippen molar-refractivity contribution in [3.8, 4) is 11.8 Å². The highest BCUT2D eigenvalue weighted by atomic mass is 19.1. The largest absolute Gasteiger partial charge is 0.507 e. The van der Waals surface area contributed by atoms with Crippen LogP contribution in [0.1, 0.15) is 17.5 Å². The van der Waals surface area contributed by atoms with Crippen molar-refractivity contribution in [2.45, 2.75) is 12.5 Å². The third kappa shape index (κ3) is 4.92. The Hall–Kier alpha value is -4.26. The predicted octanol–water partition coefficient (Wildman–Crippen LogP) is 1.21. The maximum absolute atomic E-state index is 13.2. The molecule has 0 bridgehead atoms. The fraction of sp³-hybridized carbons (Fsp3) is 0.105. The molecule has 1 heterocycles. The van der Waals surface area contributed by atoms with E-state index in [2.05, 4.69) is 26.2 Å². The number of aliphatic imine (C=N–C) groups is 1. The molecule has 0 aromatic heterocycles. The highest BCUT2D eigenvalue weighted by Crippen LogP contribution is 2.17. The molecule has 1 aliphatic heterocycles. The number of amides is 2. The van der Waals surface area contributed by atoms with Crippen LogP contribution < -0.4 is 16.1 Å². The summed E-state index contributed by atoms with van der Waals surface area (Å²) in [5.41, 5.74) is 3.11. The van der Waals surface area contributed by atoms with E-state index in [0.29, 0.717) is 5.56 Å². The van der Waals surface area contributed by atoms with Gasteiger partial charge in [0.15, 0.2) is 0 Å². The molecule has 2 amide bonds. The van der Waals surface area contributed by atoms with Crippen LogP contribution in [0.15, 0.2) is 52.6 Å². The van der Waals surface area contributed by atoms with Crippen molar-refractivity contribution in [3.63, 3.8) is 0 Å². The number of hydrogen-bond acceptors (Lipinski definition) is 7. The Morgan fingerprint density at radius 2 is 2.17 bits per heavy atom. The lowest BCUT2D eigenvalue weighted by Gasteiger charge is -2.08. The first-order valence-corrected chi connectivity index (χ1v) is 8.41. The molecule has 10 heteroatoms. The first-order valence-electron chi connectivity index (χ1n) is 8.41. The minimum absolute atomic E-state index is 0.0291. The second-order valence-corrected chi connectivity index (χ2v) is 5.97. The van der Waals surface area contributed by atoms with E-state index in [4.69, 9.17) is 5.26 Å². The van der Waals surface area contributed by atoms with E-state index in [1.54, 1.807) is 24.3 Å². The Morgan fingerprint density at radius 3 is 2.93 bits per heavy atom. The number of benzene rings is 2. The Kier molecular flexibility index (Phi) is 5.80.